The predicted octanol–water partition coefficient (Wildman–Crippen LogP) is 3.86. The van der Waals surface area contributed by atoms with Crippen LogP contribution in [0.25, 0.3) is 10.9 Å². The van der Waals surface area contributed by atoms with Gasteiger partial charge in [-0.05, 0) is 50.7 Å². The summed E-state index contributed by atoms with van der Waals surface area (Å²) in [5.41, 5.74) is 0.258. The van der Waals surface area contributed by atoms with E-state index in [4.69, 9.17) is 4.74 Å². The molecule has 32 heavy (non-hydrogen) atoms. The summed E-state index contributed by atoms with van der Waals surface area (Å²) in [7, 11) is 0. The third kappa shape index (κ3) is 5.46. The average Bonchev–Trinajstić information content (AvgIpc) is 3.48. The molecule has 1 aliphatic carbocycles. The number of para-hydroxylation sites is 1. The SMILES string of the molecule is C[C@H](C1CC1)N(CC(F)(F)F)C(=O)CSc1nc2ccccc2c(=O)n1C[C@@H]1CCCO1. The van der Waals surface area contributed by atoms with E-state index in [1.54, 1.807) is 31.2 Å². The van der Waals surface area contributed by atoms with E-state index in [9.17, 15) is 22.8 Å². The highest BCUT2D eigenvalue weighted by Gasteiger charge is 2.40. The number of aromatic nitrogens is 2. The van der Waals surface area contributed by atoms with Gasteiger partial charge in [-0.1, -0.05) is 23.9 Å². The molecule has 0 spiro atoms. The molecular weight excluding hydrogens is 443 g/mol. The summed E-state index contributed by atoms with van der Waals surface area (Å²) in [6, 6.07) is 6.46. The van der Waals surface area contributed by atoms with E-state index >= 15 is 0 Å². The van der Waals surface area contributed by atoms with E-state index in [-0.39, 0.29) is 23.3 Å². The molecule has 0 unspecified atom stereocenters. The van der Waals surface area contributed by atoms with Gasteiger partial charge in [-0.15, -0.1) is 0 Å². The molecule has 1 aliphatic heterocycles. The Morgan fingerprint density at radius 2 is 2.06 bits per heavy atom. The molecule has 2 fully saturated rings. The van der Waals surface area contributed by atoms with Gasteiger partial charge in [0.25, 0.3) is 5.56 Å². The first-order valence-electron chi connectivity index (χ1n) is 10.8. The van der Waals surface area contributed by atoms with Crippen LogP contribution in [0.4, 0.5) is 13.2 Å². The predicted molar refractivity (Wildman–Crippen MR) is 116 cm³/mol. The molecule has 0 N–H and O–H groups in total. The maximum atomic E-state index is 13.1. The molecule has 4 rings (SSSR count). The number of rotatable bonds is 8. The van der Waals surface area contributed by atoms with Crippen molar-refractivity contribution in [3.05, 3.63) is 34.6 Å². The maximum absolute atomic E-state index is 13.1. The molecule has 1 saturated heterocycles. The smallest absolute Gasteiger partial charge is 0.376 e. The van der Waals surface area contributed by atoms with Gasteiger partial charge in [-0.2, -0.15) is 13.2 Å². The highest BCUT2D eigenvalue weighted by molar-refractivity contribution is 7.99. The molecule has 6 nitrogen and oxygen atoms in total. The van der Waals surface area contributed by atoms with E-state index in [2.05, 4.69) is 4.98 Å². The summed E-state index contributed by atoms with van der Waals surface area (Å²) in [6.07, 6.45) is -1.19. The zero-order chi connectivity index (χ0) is 22.9. The van der Waals surface area contributed by atoms with E-state index < -0.39 is 24.7 Å². The minimum atomic E-state index is -4.47. The van der Waals surface area contributed by atoms with E-state index in [1.807, 2.05) is 0 Å². The summed E-state index contributed by atoms with van der Waals surface area (Å²) in [6.45, 7) is 1.34. The van der Waals surface area contributed by atoms with E-state index in [0.717, 1.165) is 42.3 Å². The number of alkyl halides is 3. The lowest BCUT2D eigenvalue weighted by Gasteiger charge is -2.30. The Morgan fingerprint density at radius 3 is 2.72 bits per heavy atom. The first-order chi connectivity index (χ1) is 15.2. The molecule has 2 atom stereocenters. The third-order valence-corrected chi connectivity index (χ3v) is 6.99. The second-order valence-electron chi connectivity index (χ2n) is 8.47. The second kappa shape index (κ2) is 9.43. The third-order valence-electron chi connectivity index (χ3n) is 6.03. The maximum Gasteiger partial charge on any atom is 0.406 e. The number of carbonyl (C=O) groups excluding carboxylic acids is 1. The van der Waals surface area contributed by atoms with Gasteiger partial charge in [0, 0.05) is 12.6 Å². The normalized spacial score (nSPS) is 19.9. The van der Waals surface area contributed by atoms with Gasteiger partial charge in [0.2, 0.25) is 5.91 Å². The molecule has 1 aromatic heterocycles. The fourth-order valence-corrected chi connectivity index (χ4v) is 5.00. The van der Waals surface area contributed by atoms with Crippen LogP contribution in [0.5, 0.6) is 0 Å². The number of thioether (sulfide) groups is 1. The lowest BCUT2D eigenvalue weighted by Crippen LogP contribution is -2.46. The van der Waals surface area contributed by atoms with Crippen molar-refractivity contribution in [1.29, 1.82) is 0 Å². The summed E-state index contributed by atoms with van der Waals surface area (Å²) in [4.78, 5) is 31.4. The standard InChI is InChI=1S/C22H26F3N3O3S/c1-14(15-8-9-15)28(13-22(23,24)25)19(29)12-32-21-26-18-7-3-2-6-17(18)20(30)27(21)11-16-5-4-10-31-16/h2-3,6-7,14-16H,4-5,8-13H2,1H3/t14-,16+/m1/s1. The summed E-state index contributed by atoms with van der Waals surface area (Å²) in [5, 5.41) is 0.783. The van der Waals surface area contributed by atoms with Crippen molar-refractivity contribution in [3.8, 4) is 0 Å². The van der Waals surface area contributed by atoms with Crippen molar-refractivity contribution in [2.24, 2.45) is 5.92 Å². The fourth-order valence-electron chi connectivity index (χ4n) is 4.11. The van der Waals surface area contributed by atoms with Gasteiger partial charge in [0.15, 0.2) is 5.16 Å². The average molecular weight is 470 g/mol. The highest BCUT2D eigenvalue weighted by atomic mass is 32.2. The lowest BCUT2D eigenvalue weighted by molar-refractivity contribution is -0.164. The molecule has 2 heterocycles. The zero-order valence-corrected chi connectivity index (χ0v) is 18.6. The quantitative estimate of drug-likeness (QED) is 0.434. The minimum absolute atomic E-state index is 0.114. The van der Waals surface area contributed by atoms with E-state index in [1.165, 1.54) is 4.57 Å². The van der Waals surface area contributed by atoms with Crippen LogP contribution in [0.2, 0.25) is 0 Å². The van der Waals surface area contributed by atoms with Crippen molar-refractivity contribution in [2.75, 3.05) is 18.9 Å². The molecule has 174 valence electrons. The van der Waals surface area contributed by atoms with Crippen molar-refractivity contribution in [2.45, 2.75) is 62.6 Å². The van der Waals surface area contributed by atoms with Crippen LogP contribution in [0, 0.1) is 5.92 Å². The van der Waals surface area contributed by atoms with Crippen molar-refractivity contribution < 1.29 is 22.7 Å². The van der Waals surface area contributed by atoms with Crippen LogP contribution in [0.1, 0.15) is 32.6 Å². The minimum Gasteiger partial charge on any atom is -0.376 e. The Morgan fingerprint density at radius 1 is 1.31 bits per heavy atom. The van der Waals surface area contributed by atoms with E-state index in [0.29, 0.717) is 29.2 Å². The first-order valence-corrected chi connectivity index (χ1v) is 11.8. The van der Waals surface area contributed by atoms with Gasteiger partial charge in [0.1, 0.15) is 6.54 Å². The summed E-state index contributed by atoms with van der Waals surface area (Å²) in [5.74, 6) is -0.704. The van der Waals surface area contributed by atoms with Gasteiger partial charge < -0.3 is 9.64 Å². The molecule has 10 heteroatoms. The zero-order valence-electron chi connectivity index (χ0n) is 17.8. The summed E-state index contributed by atoms with van der Waals surface area (Å²) >= 11 is 1.01. The molecule has 0 radical (unpaired) electrons. The highest BCUT2D eigenvalue weighted by Crippen LogP contribution is 2.36. The molecular formula is C22H26F3N3O3S. The van der Waals surface area contributed by atoms with Crippen molar-refractivity contribution in [3.63, 3.8) is 0 Å². The van der Waals surface area contributed by atoms with Gasteiger partial charge in [-0.3, -0.25) is 14.2 Å². The Labute approximate surface area is 188 Å². The van der Waals surface area contributed by atoms with Crippen LogP contribution >= 0.6 is 11.8 Å². The Bertz CT molecular complexity index is 1030. The number of carbonyl (C=O) groups is 1. The number of nitrogens with zero attached hydrogens (tertiary/aromatic N) is 3. The number of amides is 1. The number of fused-ring (bicyclic) bond motifs is 1. The van der Waals surface area contributed by atoms with Gasteiger partial charge in [0.05, 0.1) is 29.3 Å². The van der Waals surface area contributed by atoms with Gasteiger partial charge in [-0.25, -0.2) is 4.98 Å². The van der Waals surface area contributed by atoms with Crippen LogP contribution in [-0.4, -0.2) is 57.6 Å². The molecule has 1 aromatic carbocycles. The molecule has 0 bridgehead atoms. The van der Waals surface area contributed by atoms with Gasteiger partial charge >= 0.3 is 6.18 Å². The lowest BCUT2D eigenvalue weighted by atomic mass is 10.2. The first kappa shape index (κ1) is 23.1. The van der Waals surface area contributed by atoms with Crippen LogP contribution in [-0.2, 0) is 16.1 Å². The largest absolute Gasteiger partial charge is 0.406 e. The molecule has 1 amide bonds. The number of hydrogen-bond donors (Lipinski definition) is 0. The molecule has 2 aliphatic rings. The number of hydrogen-bond acceptors (Lipinski definition) is 5. The van der Waals surface area contributed by atoms with Crippen LogP contribution in [0.3, 0.4) is 0 Å². The van der Waals surface area contributed by atoms with Crippen molar-refractivity contribution >= 4 is 28.6 Å². The summed E-state index contributed by atoms with van der Waals surface area (Å²) < 4.78 is 46.5. The Balaban J connectivity index is 1.57. The van der Waals surface area contributed by atoms with Crippen LogP contribution < -0.4 is 5.56 Å². The molecule has 2 aromatic rings. The van der Waals surface area contributed by atoms with Crippen LogP contribution in [0.15, 0.2) is 34.2 Å². The molecule has 1 saturated carbocycles. The second-order valence-corrected chi connectivity index (χ2v) is 9.41. The number of benzene rings is 1. The topological polar surface area (TPSA) is 64.4 Å². The Kier molecular flexibility index (Phi) is 6.80. The van der Waals surface area contributed by atoms with Crippen molar-refractivity contribution in [1.82, 2.24) is 14.5 Å². The number of ether oxygens (including phenoxy) is 1. The monoisotopic (exact) mass is 469 g/mol. The Hall–Kier alpha value is -2.07. The number of halogens is 3. The fraction of sp³-hybridized carbons (Fsp3) is 0.591.